The molecule has 2 heterocycles. The summed E-state index contributed by atoms with van der Waals surface area (Å²) in [5.74, 6) is 0.356. The Hall–Kier alpha value is -3.70. The molecule has 1 unspecified atom stereocenters. The lowest BCUT2D eigenvalue weighted by molar-refractivity contribution is 0.610. The molecule has 2 aromatic carbocycles. The summed E-state index contributed by atoms with van der Waals surface area (Å²) in [6.45, 7) is 0.746. The molecular weight excluding hydrogens is 477 g/mol. The molecule has 2 N–H and O–H groups in total. The topological polar surface area (TPSA) is 91.5 Å². The fourth-order valence-electron chi connectivity index (χ4n) is 4.37. The molecule has 0 amide bonds. The zero-order valence-corrected chi connectivity index (χ0v) is 20.3. The molecule has 2 aliphatic carbocycles. The van der Waals surface area contributed by atoms with E-state index in [-0.39, 0.29) is 0 Å². The molecule has 182 valence electrons. The lowest BCUT2D eigenvalue weighted by Crippen LogP contribution is -2.13. The Morgan fingerprint density at radius 1 is 1.22 bits per heavy atom. The van der Waals surface area contributed by atoms with Crippen molar-refractivity contribution in [2.24, 2.45) is 5.92 Å². The first kappa shape index (κ1) is 21.6. The average molecular weight is 503 g/mol. The van der Waals surface area contributed by atoms with Crippen molar-refractivity contribution in [3.05, 3.63) is 76.5 Å². The summed E-state index contributed by atoms with van der Waals surface area (Å²) >= 11 is 6.66. The van der Waals surface area contributed by atoms with E-state index >= 15 is 0 Å². The number of pyridine rings is 1. The maximum absolute atomic E-state index is 13.7. The highest BCUT2D eigenvalue weighted by Gasteiger charge is 2.27. The fourth-order valence-corrected chi connectivity index (χ4v) is 4.64. The summed E-state index contributed by atoms with van der Waals surface area (Å²) in [4.78, 5) is 4.42. The number of nitrogens with zero attached hydrogens (tertiary/aromatic N) is 5. The lowest BCUT2D eigenvalue weighted by atomic mass is 10.0. The van der Waals surface area contributed by atoms with E-state index in [0.29, 0.717) is 50.2 Å². The number of nitrogens with one attached hydrogen (secondary N) is 2. The van der Waals surface area contributed by atoms with Crippen LogP contribution < -0.4 is 10.6 Å². The highest BCUT2D eigenvalue weighted by molar-refractivity contribution is 6.35. The van der Waals surface area contributed by atoms with Crippen molar-refractivity contribution in [1.82, 2.24) is 20.0 Å². The molecule has 2 aliphatic rings. The fraction of sp³-hybridized carbons (Fsp3) is 0.333. The number of hydrogen-bond acceptors (Lipinski definition) is 6. The molecule has 0 aliphatic heterocycles. The number of benzene rings is 2. The predicted octanol–water partition coefficient (Wildman–Crippen LogP) is 6.24. The van der Waals surface area contributed by atoms with Gasteiger partial charge in [-0.15, -0.1) is 5.10 Å². The van der Waals surface area contributed by atoms with E-state index in [1.165, 1.54) is 31.2 Å². The molecule has 4 aromatic rings. The smallest absolute Gasteiger partial charge is 0.123 e. The van der Waals surface area contributed by atoms with Crippen LogP contribution in [0, 0.1) is 23.1 Å². The summed E-state index contributed by atoms with van der Waals surface area (Å²) in [7, 11) is 0. The Morgan fingerprint density at radius 2 is 2.03 bits per heavy atom. The first-order valence-corrected chi connectivity index (χ1v) is 12.5. The Labute approximate surface area is 214 Å². The van der Waals surface area contributed by atoms with Gasteiger partial charge in [-0.25, -0.2) is 9.07 Å². The van der Waals surface area contributed by atoms with Crippen molar-refractivity contribution in [2.45, 2.75) is 44.2 Å². The van der Waals surface area contributed by atoms with Crippen molar-refractivity contribution in [3.63, 3.8) is 0 Å². The summed E-state index contributed by atoms with van der Waals surface area (Å²) in [6.07, 6.45) is 8.91. The number of rotatable bonds is 9. The molecule has 2 aromatic heterocycles. The van der Waals surface area contributed by atoms with Gasteiger partial charge in [0, 0.05) is 23.8 Å². The van der Waals surface area contributed by atoms with Gasteiger partial charge in [0.1, 0.15) is 17.6 Å². The van der Waals surface area contributed by atoms with Crippen LogP contribution in [0.3, 0.4) is 0 Å². The summed E-state index contributed by atoms with van der Waals surface area (Å²) in [6, 6.07) is 10.3. The van der Waals surface area contributed by atoms with E-state index < -0.39 is 11.8 Å². The maximum Gasteiger partial charge on any atom is 0.123 e. The van der Waals surface area contributed by atoms with Crippen LogP contribution in [0.15, 0.2) is 48.8 Å². The van der Waals surface area contributed by atoms with E-state index in [1.807, 2.05) is 6.07 Å². The number of hydrogen-bond donors (Lipinski definition) is 2. The highest BCUT2D eigenvalue weighted by Crippen LogP contribution is 2.38. The molecule has 2 fully saturated rings. The third-order valence-electron chi connectivity index (χ3n) is 6.69. The van der Waals surface area contributed by atoms with Gasteiger partial charge in [0.15, 0.2) is 0 Å². The van der Waals surface area contributed by atoms with Gasteiger partial charge in [-0.2, -0.15) is 5.26 Å². The van der Waals surface area contributed by atoms with Crippen molar-refractivity contribution in [1.29, 1.82) is 5.26 Å². The maximum atomic E-state index is 13.7. The Morgan fingerprint density at radius 3 is 2.75 bits per heavy atom. The van der Waals surface area contributed by atoms with Crippen molar-refractivity contribution < 1.29 is 5.76 Å². The standard InChI is InChI=1S/C27H25ClFN7/c28-23-12-20(11-22-25(31-10-9-16-1-2-16)18(13-30)14-32-27(22)23)33-26(17-3-5-19(29)6-4-17)24-15-36(35-34-24)21-7-8-21/h3-6,11-12,14-16,21,26,33H,1-2,7-10H2,(H,31,32)/i26D. The van der Waals surface area contributed by atoms with Gasteiger partial charge < -0.3 is 10.6 Å². The molecular formula is C27H25ClFN7. The van der Waals surface area contributed by atoms with Gasteiger partial charge in [0.2, 0.25) is 0 Å². The molecule has 2 saturated carbocycles. The molecule has 36 heavy (non-hydrogen) atoms. The molecule has 7 nitrogen and oxygen atoms in total. The molecule has 0 saturated heterocycles. The zero-order valence-electron chi connectivity index (χ0n) is 20.5. The highest BCUT2D eigenvalue weighted by atomic mass is 35.5. The van der Waals surface area contributed by atoms with Crippen LogP contribution in [0.4, 0.5) is 15.8 Å². The molecule has 0 spiro atoms. The average Bonchev–Trinajstić information content (AvgIpc) is 3.84. The minimum Gasteiger partial charge on any atom is -0.383 e. The number of halogens is 2. The van der Waals surface area contributed by atoms with E-state index in [1.54, 1.807) is 29.1 Å². The second kappa shape index (κ2) is 9.40. The summed E-state index contributed by atoms with van der Waals surface area (Å²) in [5, 5.41) is 26.0. The third-order valence-corrected chi connectivity index (χ3v) is 6.97. The lowest BCUT2D eigenvalue weighted by Gasteiger charge is -2.20. The SMILES string of the molecule is [2H]C(Nc1cc(Cl)c2ncc(C#N)c(NCCC3CC3)c2c1)(c1ccc(F)cc1)c1cn(C2CC2)nn1. The molecule has 6 rings (SSSR count). The first-order valence-electron chi connectivity index (χ1n) is 12.7. The quantitative estimate of drug-likeness (QED) is 0.281. The number of anilines is 2. The van der Waals surface area contributed by atoms with Crippen LogP contribution in [0.1, 0.15) is 62.4 Å². The van der Waals surface area contributed by atoms with Crippen LogP contribution in [0.25, 0.3) is 10.9 Å². The van der Waals surface area contributed by atoms with Gasteiger partial charge >= 0.3 is 0 Å². The van der Waals surface area contributed by atoms with Crippen LogP contribution in [-0.2, 0) is 0 Å². The van der Waals surface area contributed by atoms with Crippen LogP contribution in [0.5, 0.6) is 0 Å². The Bertz CT molecular complexity index is 1510. The van der Waals surface area contributed by atoms with Crippen LogP contribution in [-0.4, -0.2) is 26.5 Å². The number of fused-ring (bicyclic) bond motifs is 1. The van der Waals surface area contributed by atoms with Gasteiger partial charge in [-0.1, -0.05) is 41.8 Å². The third kappa shape index (κ3) is 4.71. The van der Waals surface area contributed by atoms with Crippen molar-refractivity contribution in [3.8, 4) is 6.07 Å². The summed E-state index contributed by atoms with van der Waals surface area (Å²) < 4.78 is 25.0. The first-order chi connectivity index (χ1) is 17.9. The monoisotopic (exact) mass is 502 g/mol. The number of nitriles is 1. The van der Waals surface area contributed by atoms with E-state index in [4.69, 9.17) is 11.6 Å². The van der Waals surface area contributed by atoms with E-state index in [2.05, 4.69) is 32.0 Å². The Kier molecular flexibility index (Phi) is 5.63. The van der Waals surface area contributed by atoms with Gasteiger partial charge in [-0.05, 0) is 55.0 Å². The Balaban J connectivity index is 1.42. The second-order valence-corrected chi connectivity index (χ2v) is 9.90. The number of aromatic nitrogens is 4. The van der Waals surface area contributed by atoms with Crippen molar-refractivity contribution >= 4 is 33.9 Å². The normalized spacial score (nSPS) is 17.3. The van der Waals surface area contributed by atoms with Crippen LogP contribution in [0.2, 0.25) is 5.02 Å². The van der Waals surface area contributed by atoms with Gasteiger partial charge in [-0.3, -0.25) is 4.98 Å². The minimum atomic E-state index is -1.57. The molecule has 1 atom stereocenters. The van der Waals surface area contributed by atoms with Gasteiger partial charge in [0.05, 0.1) is 41.4 Å². The van der Waals surface area contributed by atoms with Gasteiger partial charge in [0.25, 0.3) is 0 Å². The van der Waals surface area contributed by atoms with E-state index in [0.717, 1.165) is 31.7 Å². The molecule has 9 heteroatoms. The predicted molar refractivity (Wildman–Crippen MR) is 137 cm³/mol. The zero-order chi connectivity index (χ0) is 25.6. The van der Waals surface area contributed by atoms with E-state index in [9.17, 15) is 11.0 Å². The second-order valence-electron chi connectivity index (χ2n) is 9.49. The van der Waals surface area contributed by atoms with Crippen LogP contribution >= 0.6 is 11.6 Å². The minimum absolute atomic E-state index is 0.300. The summed E-state index contributed by atoms with van der Waals surface area (Å²) in [5.41, 5.74) is 3.10. The van der Waals surface area contributed by atoms with Crippen molar-refractivity contribution in [2.75, 3.05) is 17.2 Å². The molecule has 0 radical (unpaired) electrons. The largest absolute Gasteiger partial charge is 0.383 e. The molecule has 0 bridgehead atoms.